The van der Waals surface area contributed by atoms with Gasteiger partial charge in [0.2, 0.25) is 11.8 Å². The van der Waals surface area contributed by atoms with Crippen molar-refractivity contribution in [2.24, 2.45) is 0 Å². The van der Waals surface area contributed by atoms with Crippen molar-refractivity contribution in [2.75, 3.05) is 17.4 Å². The number of nitrogens with zero attached hydrogens (tertiary/aromatic N) is 2. The van der Waals surface area contributed by atoms with Gasteiger partial charge in [-0.3, -0.25) is 13.9 Å². The normalized spacial score (nSPS) is 12.0. The molecule has 1 unspecified atom stereocenters. The van der Waals surface area contributed by atoms with Gasteiger partial charge in [0.15, 0.2) is 0 Å². The Morgan fingerprint density at radius 1 is 0.846 bits per heavy atom. The van der Waals surface area contributed by atoms with Crippen molar-refractivity contribution in [1.82, 2.24) is 10.2 Å². The highest BCUT2D eigenvalue weighted by Gasteiger charge is 2.33. The van der Waals surface area contributed by atoms with E-state index >= 15 is 0 Å². The van der Waals surface area contributed by atoms with Crippen LogP contribution in [0, 0.1) is 20.8 Å². The summed E-state index contributed by atoms with van der Waals surface area (Å²) in [5, 5.41) is 2.90. The van der Waals surface area contributed by atoms with E-state index in [0.29, 0.717) is 18.7 Å². The maximum Gasteiger partial charge on any atom is 0.264 e. The Labute approximate surface area is 232 Å². The highest BCUT2D eigenvalue weighted by molar-refractivity contribution is 7.92. The van der Waals surface area contributed by atoms with Crippen LogP contribution in [0.5, 0.6) is 0 Å². The van der Waals surface area contributed by atoms with E-state index in [0.717, 1.165) is 33.0 Å². The van der Waals surface area contributed by atoms with Crippen LogP contribution in [0.15, 0.2) is 77.7 Å². The number of nitrogens with one attached hydrogen (secondary N) is 1. The standard InChI is InChI=1S/C31H39N3O4S/c1-6-17-32-31(36)29(7-2)33(21-26-11-9-8-10-12-26)30(35)22-34(27-19-24(4)18-25(5)20-27)39(37,38)28-15-13-23(3)14-16-28/h8-16,18-20,29H,6-7,17,21-22H2,1-5H3,(H,32,36). The highest BCUT2D eigenvalue weighted by Crippen LogP contribution is 2.27. The molecule has 0 spiro atoms. The molecule has 0 bridgehead atoms. The first-order valence-electron chi connectivity index (χ1n) is 13.4. The lowest BCUT2D eigenvalue weighted by Gasteiger charge is -2.33. The number of aryl methyl sites for hydroxylation is 3. The lowest BCUT2D eigenvalue weighted by Crippen LogP contribution is -2.52. The minimum Gasteiger partial charge on any atom is -0.354 e. The van der Waals surface area contributed by atoms with Crippen molar-refractivity contribution in [3.05, 3.63) is 95.1 Å². The molecular weight excluding hydrogens is 510 g/mol. The predicted molar refractivity (Wildman–Crippen MR) is 156 cm³/mol. The van der Waals surface area contributed by atoms with Crippen LogP contribution >= 0.6 is 0 Å². The molecule has 0 aliphatic rings. The number of sulfonamides is 1. The van der Waals surface area contributed by atoms with Gasteiger partial charge in [-0.2, -0.15) is 0 Å². The molecule has 8 heteroatoms. The topological polar surface area (TPSA) is 86.8 Å². The Bertz CT molecular complexity index is 1350. The van der Waals surface area contributed by atoms with Gasteiger partial charge in [-0.15, -0.1) is 0 Å². The second kappa shape index (κ2) is 13.4. The summed E-state index contributed by atoms with van der Waals surface area (Å²) in [6.45, 7) is 9.73. The molecule has 208 valence electrons. The van der Waals surface area contributed by atoms with Crippen molar-refractivity contribution in [1.29, 1.82) is 0 Å². The van der Waals surface area contributed by atoms with E-state index in [1.54, 1.807) is 36.4 Å². The fraction of sp³-hybridized carbons (Fsp3) is 0.355. The summed E-state index contributed by atoms with van der Waals surface area (Å²) in [5.74, 6) is -0.699. The van der Waals surface area contributed by atoms with Gasteiger partial charge in [0.25, 0.3) is 10.0 Å². The number of carbonyl (C=O) groups is 2. The molecule has 3 aromatic rings. The van der Waals surface area contributed by atoms with E-state index in [1.807, 2.05) is 71.0 Å². The molecule has 0 aliphatic carbocycles. The third-order valence-corrected chi connectivity index (χ3v) is 8.30. The van der Waals surface area contributed by atoms with Gasteiger partial charge in [0.05, 0.1) is 10.6 Å². The first kappa shape index (κ1) is 29.9. The van der Waals surface area contributed by atoms with E-state index in [1.165, 1.54) is 4.90 Å². The van der Waals surface area contributed by atoms with Crippen molar-refractivity contribution in [3.8, 4) is 0 Å². The summed E-state index contributed by atoms with van der Waals surface area (Å²) in [4.78, 5) is 28.8. The molecule has 7 nitrogen and oxygen atoms in total. The van der Waals surface area contributed by atoms with Crippen LogP contribution in [0.2, 0.25) is 0 Å². The SMILES string of the molecule is CCCNC(=O)C(CC)N(Cc1ccccc1)C(=O)CN(c1cc(C)cc(C)c1)S(=O)(=O)c1ccc(C)cc1. The summed E-state index contributed by atoms with van der Waals surface area (Å²) in [6, 6.07) is 20.7. The largest absolute Gasteiger partial charge is 0.354 e. The number of carbonyl (C=O) groups excluding carboxylic acids is 2. The lowest BCUT2D eigenvalue weighted by atomic mass is 10.1. The zero-order valence-corrected chi connectivity index (χ0v) is 24.3. The second-order valence-electron chi connectivity index (χ2n) is 9.89. The molecular formula is C31H39N3O4S. The first-order valence-corrected chi connectivity index (χ1v) is 14.8. The van der Waals surface area contributed by atoms with E-state index in [4.69, 9.17) is 0 Å². The Hall–Kier alpha value is -3.65. The third kappa shape index (κ3) is 7.69. The Morgan fingerprint density at radius 2 is 1.46 bits per heavy atom. The molecule has 1 N–H and O–H groups in total. The van der Waals surface area contributed by atoms with Crippen LogP contribution in [0.25, 0.3) is 0 Å². The fourth-order valence-electron chi connectivity index (χ4n) is 4.53. The van der Waals surface area contributed by atoms with Crippen LogP contribution < -0.4 is 9.62 Å². The van der Waals surface area contributed by atoms with Gasteiger partial charge in [0.1, 0.15) is 12.6 Å². The highest BCUT2D eigenvalue weighted by atomic mass is 32.2. The van der Waals surface area contributed by atoms with Gasteiger partial charge in [-0.1, -0.05) is 67.9 Å². The average molecular weight is 550 g/mol. The summed E-state index contributed by atoms with van der Waals surface area (Å²) < 4.78 is 29.1. The van der Waals surface area contributed by atoms with Gasteiger partial charge >= 0.3 is 0 Å². The lowest BCUT2D eigenvalue weighted by molar-refractivity contribution is -0.140. The van der Waals surface area contributed by atoms with Crippen molar-refractivity contribution < 1.29 is 18.0 Å². The smallest absolute Gasteiger partial charge is 0.264 e. The Morgan fingerprint density at radius 3 is 2.03 bits per heavy atom. The molecule has 0 fully saturated rings. The minimum absolute atomic E-state index is 0.0994. The van der Waals surface area contributed by atoms with Crippen LogP contribution in [0.4, 0.5) is 5.69 Å². The maximum atomic E-state index is 14.1. The number of hydrogen-bond donors (Lipinski definition) is 1. The summed E-state index contributed by atoms with van der Waals surface area (Å²) in [6.07, 6.45) is 1.16. The Kier molecular flexibility index (Phi) is 10.3. The van der Waals surface area contributed by atoms with Crippen molar-refractivity contribution >= 4 is 27.5 Å². The van der Waals surface area contributed by atoms with Crippen molar-refractivity contribution in [3.63, 3.8) is 0 Å². The maximum absolute atomic E-state index is 14.1. The molecule has 0 saturated carbocycles. The molecule has 0 radical (unpaired) electrons. The van der Waals surface area contributed by atoms with Gasteiger partial charge in [-0.25, -0.2) is 8.42 Å². The quantitative estimate of drug-likeness (QED) is 0.339. The molecule has 1 atom stereocenters. The van der Waals surface area contributed by atoms with E-state index in [-0.39, 0.29) is 17.3 Å². The monoisotopic (exact) mass is 549 g/mol. The van der Waals surface area contributed by atoms with Crippen LogP contribution in [0.3, 0.4) is 0 Å². The van der Waals surface area contributed by atoms with Gasteiger partial charge < -0.3 is 10.2 Å². The third-order valence-electron chi connectivity index (χ3n) is 6.51. The van der Waals surface area contributed by atoms with Gasteiger partial charge in [0, 0.05) is 13.1 Å². The second-order valence-corrected chi connectivity index (χ2v) is 11.8. The molecule has 0 heterocycles. The molecule has 0 aromatic heterocycles. The fourth-order valence-corrected chi connectivity index (χ4v) is 5.92. The summed E-state index contributed by atoms with van der Waals surface area (Å²) >= 11 is 0. The number of rotatable bonds is 12. The molecule has 3 rings (SSSR count). The Balaban J connectivity index is 2.07. The number of hydrogen-bond acceptors (Lipinski definition) is 4. The number of amides is 2. The number of benzene rings is 3. The summed E-state index contributed by atoms with van der Waals surface area (Å²) in [5.41, 5.74) is 3.96. The minimum atomic E-state index is -4.09. The zero-order chi connectivity index (χ0) is 28.6. The number of anilines is 1. The van der Waals surface area contributed by atoms with Crippen LogP contribution in [0.1, 0.15) is 48.9 Å². The molecule has 0 saturated heterocycles. The summed E-state index contributed by atoms with van der Waals surface area (Å²) in [7, 11) is -4.09. The van der Waals surface area contributed by atoms with E-state index < -0.39 is 28.5 Å². The molecule has 39 heavy (non-hydrogen) atoms. The van der Waals surface area contributed by atoms with E-state index in [2.05, 4.69) is 5.32 Å². The van der Waals surface area contributed by atoms with E-state index in [9.17, 15) is 18.0 Å². The zero-order valence-electron chi connectivity index (χ0n) is 23.5. The van der Waals surface area contributed by atoms with Crippen molar-refractivity contribution in [2.45, 2.75) is 64.9 Å². The predicted octanol–water partition coefficient (Wildman–Crippen LogP) is 5.14. The molecule has 2 amide bonds. The van der Waals surface area contributed by atoms with Crippen LogP contribution in [-0.2, 0) is 26.2 Å². The molecule has 3 aromatic carbocycles. The average Bonchev–Trinajstić information content (AvgIpc) is 2.90. The van der Waals surface area contributed by atoms with Crippen LogP contribution in [-0.4, -0.2) is 44.3 Å². The molecule has 0 aliphatic heterocycles. The first-order chi connectivity index (χ1) is 18.6. The van der Waals surface area contributed by atoms with Gasteiger partial charge in [-0.05, 0) is 74.6 Å².